The van der Waals surface area contributed by atoms with Gasteiger partial charge in [-0.05, 0) is 23.9 Å². The molecule has 88 valence electrons. The van der Waals surface area contributed by atoms with Crippen molar-refractivity contribution >= 4 is 22.4 Å². The lowest BCUT2D eigenvalue weighted by Crippen LogP contribution is -2.08. The van der Waals surface area contributed by atoms with Crippen LogP contribution in [0.5, 0.6) is 0 Å². The van der Waals surface area contributed by atoms with Gasteiger partial charge in [-0.3, -0.25) is 4.79 Å². The molecule has 0 saturated heterocycles. The predicted molar refractivity (Wildman–Crippen MR) is 68.7 cm³/mol. The maximum Gasteiger partial charge on any atom is 0.310 e. The van der Waals surface area contributed by atoms with Crippen molar-refractivity contribution in [2.24, 2.45) is 0 Å². The van der Waals surface area contributed by atoms with Crippen LogP contribution in [0.4, 0.5) is 5.69 Å². The number of benzene rings is 2. The van der Waals surface area contributed by atoms with Gasteiger partial charge < -0.3 is 10.5 Å². The van der Waals surface area contributed by atoms with Crippen LogP contribution < -0.4 is 5.73 Å². The van der Waals surface area contributed by atoms with Crippen molar-refractivity contribution in [1.82, 2.24) is 0 Å². The zero-order valence-electron chi connectivity index (χ0n) is 9.77. The monoisotopic (exact) mass is 229 g/mol. The molecule has 0 aliphatic carbocycles. The van der Waals surface area contributed by atoms with E-state index in [1.807, 2.05) is 36.4 Å². The van der Waals surface area contributed by atoms with Crippen molar-refractivity contribution in [2.75, 3.05) is 12.3 Å². The molecule has 0 amide bonds. The molecule has 2 aromatic carbocycles. The van der Waals surface area contributed by atoms with Crippen molar-refractivity contribution < 1.29 is 9.53 Å². The Morgan fingerprint density at radius 1 is 1.18 bits per heavy atom. The van der Waals surface area contributed by atoms with E-state index in [9.17, 15) is 4.79 Å². The summed E-state index contributed by atoms with van der Waals surface area (Å²) in [5.41, 5.74) is 7.58. The van der Waals surface area contributed by atoms with E-state index in [2.05, 4.69) is 0 Å². The van der Waals surface area contributed by atoms with Gasteiger partial charge in [-0.2, -0.15) is 0 Å². The first-order valence-electron chi connectivity index (χ1n) is 5.64. The van der Waals surface area contributed by atoms with Gasteiger partial charge in [0.25, 0.3) is 0 Å². The molecule has 0 heterocycles. The Kier molecular flexibility index (Phi) is 3.28. The number of ether oxygens (including phenoxy) is 1. The number of nitrogens with two attached hydrogens (primary N) is 1. The maximum absolute atomic E-state index is 11.5. The second-order valence-corrected chi connectivity index (χ2v) is 3.84. The van der Waals surface area contributed by atoms with E-state index >= 15 is 0 Å². The van der Waals surface area contributed by atoms with Crippen LogP contribution in [0.15, 0.2) is 36.4 Å². The molecule has 0 aliphatic rings. The highest BCUT2D eigenvalue weighted by molar-refractivity contribution is 5.96. The zero-order chi connectivity index (χ0) is 12.3. The molecule has 0 saturated carbocycles. The highest BCUT2D eigenvalue weighted by Gasteiger charge is 2.08. The summed E-state index contributed by atoms with van der Waals surface area (Å²) in [6.07, 6.45) is 0.286. The number of hydrogen-bond acceptors (Lipinski definition) is 3. The number of esters is 1. The third kappa shape index (κ3) is 2.38. The molecule has 0 unspecified atom stereocenters. The quantitative estimate of drug-likeness (QED) is 0.650. The Labute approximate surface area is 100 Å². The molecule has 2 aromatic rings. The standard InChI is InChI=1S/C14H15NO2/c1-2-17-14(16)9-10-7-8-13(15)12-6-4-3-5-11(10)12/h3-8H,2,9,15H2,1H3. The van der Waals surface area contributed by atoms with Crippen molar-refractivity contribution in [1.29, 1.82) is 0 Å². The highest BCUT2D eigenvalue weighted by Crippen LogP contribution is 2.24. The van der Waals surface area contributed by atoms with E-state index in [1.165, 1.54) is 0 Å². The van der Waals surface area contributed by atoms with Gasteiger partial charge >= 0.3 is 5.97 Å². The van der Waals surface area contributed by atoms with Crippen molar-refractivity contribution in [3.05, 3.63) is 42.0 Å². The number of rotatable bonds is 3. The fraction of sp³-hybridized carbons (Fsp3) is 0.214. The molecule has 0 bridgehead atoms. The van der Waals surface area contributed by atoms with E-state index in [1.54, 1.807) is 6.92 Å². The van der Waals surface area contributed by atoms with Crippen molar-refractivity contribution in [3.8, 4) is 0 Å². The van der Waals surface area contributed by atoms with Gasteiger partial charge in [0.05, 0.1) is 13.0 Å². The van der Waals surface area contributed by atoms with Gasteiger partial charge in [-0.1, -0.05) is 30.3 Å². The van der Waals surface area contributed by atoms with Crippen LogP contribution in [0.3, 0.4) is 0 Å². The lowest BCUT2D eigenvalue weighted by Gasteiger charge is -2.08. The van der Waals surface area contributed by atoms with Gasteiger partial charge in [-0.25, -0.2) is 0 Å². The van der Waals surface area contributed by atoms with E-state index in [-0.39, 0.29) is 12.4 Å². The van der Waals surface area contributed by atoms with Gasteiger partial charge in [0.15, 0.2) is 0 Å². The molecular formula is C14H15NO2. The zero-order valence-corrected chi connectivity index (χ0v) is 9.77. The van der Waals surface area contributed by atoms with E-state index in [0.717, 1.165) is 22.0 Å². The molecule has 0 spiro atoms. The summed E-state index contributed by atoms with van der Waals surface area (Å²) in [5.74, 6) is -0.206. The lowest BCUT2D eigenvalue weighted by molar-refractivity contribution is -0.142. The normalized spacial score (nSPS) is 10.4. The average Bonchev–Trinajstić information content (AvgIpc) is 2.34. The summed E-state index contributed by atoms with van der Waals surface area (Å²) < 4.78 is 4.95. The molecule has 0 aromatic heterocycles. The van der Waals surface area contributed by atoms with Crippen LogP contribution in [-0.4, -0.2) is 12.6 Å². The first-order chi connectivity index (χ1) is 8.22. The smallest absolute Gasteiger partial charge is 0.310 e. The van der Waals surface area contributed by atoms with Crippen LogP contribution in [0.25, 0.3) is 10.8 Å². The molecule has 3 heteroatoms. The van der Waals surface area contributed by atoms with Crippen LogP contribution in [0, 0.1) is 0 Å². The van der Waals surface area contributed by atoms with Crippen LogP contribution in [0.1, 0.15) is 12.5 Å². The summed E-state index contributed by atoms with van der Waals surface area (Å²) >= 11 is 0. The third-order valence-corrected chi connectivity index (χ3v) is 2.69. The minimum Gasteiger partial charge on any atom is -0.466 e. The fourth-order valence-corrected chi connectivity index (χ4v) is 1.91. The number of hydrogen-bond donors (Lipinski definition) is 1. The first-order valence-corrected chi connectivity index (χ1v) is 5.64. The SMILES string of the molecule is CCOC(=O)Cc1ccc(N)c2ccccc12. The Hall–Kier alpha value is -2.03. The fourth-order valence-electron chi connectivity index (χ4n) is 1.91. The Balaban J connectivity index is 2.41. The summed E-state index contributed by atoms with van der Waals surface area (Å²) in [4.78, 5) is 11.5. The Morgan fingerprint density at radius 2 is 1.88 bits per heavy atom. The molecule has 0 radical (unpaired) electrons. The Bertz CT molecular complexity index is 549. The minimum absolute atomic E-state index is 0.206. The van der Waals surface area contributed by atoms with E-state index in [4.69, 9.17) is 10.5 Å². The molecular weight excluding hydrogens is 214 g/mol. The van der Waals surface area contributed by atoms with Crippen LogP contribution in [-0.2, 0) is 16.0 Å². The van der Waals surface area contributed by atoms with Crippen molar-refractivity contribution in [2.45, 2.75) is 13.3 Å². The number of fused-ring (bicyclic) bond motifs is 1. The first kappa shape index (κ1) is 11.5. The topological polar surface area (TPSA) is 52.3 Å². The molecule has 0 aliphatic heterocycles. The number of carbonyl (C=O) groups excluding carboxylic acids is 1. The molecule has 0 atom stereocenters. The average molecular weight is 229 g/mol. The van der Waals surface area contributed by atoms with E-state index < -0.39 is 0 Å². The van der Waals surface area contributed by atoms with Gasteiger partial charge in [0.1, 0.15) is 0 Å². The molecule has 0 fully saturated rings. The molecule has 3 nitrogen and oxygen atoms in total. The van der Waals surface area contributed by atoms with Crippen LogP contribution in [0.2, 0.25) is 0 Å². The van der Waals surface area contributed by atoms with Gasteiger partial charge in [0, 0.05) is 11.1 Å². The van der Waals surface area contributed by atoms with Crippen LogP contribution >= 0.6 is 0 Å². The summed E-state index contributed by atoms with van der Waals surface area (Å²) in [6.45, 7) is 2.21. The van der Waals surface area contributed by atoms with Gasteiger partial charge in [0.2, 0.25) is 0 Å². The molecule has 17 heavy (non-hydrogen) atoms. The van der Waals surface area contributed by atoms with Gasteiger partial charge in [-0.15, -0.1) is 0 Å². The number of carbonyl (C=O) groups is 1. The summed E-state index contributed by atoms with van der Waals surface area (Å²) in [7, 11) is 0. The lowest BCUT2D eigenvalue weighted by atomic mass is 10.0. The predicted octanol–water partition coefficient (Wildman–Crippen LogP) is 2.53. The second-order valence-electron chi connectivity index (χ2n) is 3.84. The highest BCUT2D eigenvalue weighted by atomic mass is 16.5. The maximum atomic E-state index is 11.5. The summed E-state index contributed by atoms with van der Waals surface area (Å²) in [5, 5.41) is 2.00. The minimum atomic E-state index is -0.206. The Morgan fingerprint density at radius 3 is 2.59 bits per heavy atom. The van der Waals surface area contributed by atoms with Crippen molar-refractivity contribution in [3.63, 3.8) is 0 Å². The van der Waals surface area contributed by atoms with E-state index in [0.29, 0.717) is 6.61 Å². The molecule has 2 N–H and O–H groups in total. The third-order valence-electron chi connectivity index (χ3n) is 2.69. The summed E-state index contributed by atoms with van der Waals surface area (Å²) in [6, 6.07) is 11.5. The number of anilines is 1. The molecule has 2 rings (SSSR count). The largest absolute Gasteiger partial charge is 0.466 e. The second kappa shape index (κ2) is 4.87. The number of nitrogen functional groups attached to an aromatic ring is 1.